The molecule has 0 aliphatic rings. The van der Waals surface area contributed by atoms with Gasteiger partial charge >= 0.3 is 0 Å². The number of halogens is 3. The minimum atomic E-state index is -3.43. The zero-order valence-electron chi connectivity index (χ0n) is 6.25. The van der Waals surface area contributed by atoms with Crippen LogP contribution in [0.3, 0.4) is 0 Å². The fourth-order valence-corrected chi connectivity index (χ4v) is 3.20. The molecule has 2 nitrogen and oxygen atoms in total. The van der Waals surface area contributed by atoms with Gasteiger partial charge in [-0.1, -0.05) is 18.2 Å². The minimum absolute atomic E-state index is 0.251. The van der Waals surface area contributed by atoms with Gasteiger partial charge in [0.25, 0.3) is 0 Å². The molecule has 1 rings (SSSR count). The summed E-state index contributed by atoms with van der Waals surface area (Å²) in [5.41, 5.74) is 0. The first-order chi connectivity index (χ1) is 5.86. The highest BCUT2D eigenvalue weighted by molar-refractivity contribution is 9.42. The highest BCUT2D eigenvalue weighted by atomic mass is 80.0. The summed E-state index contributed by atoms with van der Waals surface area (Å²) in [6, 6.07) is 8.18. The number of alkyl halides is 3. The van der Waals surface area contributed by atoms with Gasteiger partial charge in [0.1, 0.15) is 0 Å². The van der Waals surface area contributed by atoms with Crippen LogP contribution in [0.1, 0.15) is 0 Å². The Kier molecular flexibility index (Phi) is 3.60. The zero-order chi connectivity index (χ0) is 10.1. The minimum Gasteiger partial charge on any atom is -0.220 e. The molecule has 0 fully saturated rings. The molecule has 0 N–H and O–H groups in total. The predicted octanol–water partition coefficient (Wildman–Crippen LogP) is 3.26. The van der Waals surface area contributed by atoms with Gasteiger partial charge in [-0.05, 0) is 59.9 Å². The Morgan fingerprint density at radius 3 is 1.85 bits per heavy atom. The van der Waals surface area contributed by atoms with E-state index >= 15 is 0 Å². The topological polar surface area (TPSA) is 34.1 Å². The van der Waals surface area contributed by atoms with Crippen molar-refractivity contribution in [1.29, 1.82) is 0 Å². The molecule has 6 heteroatoms. The largest absolute Gasteiger partial charge is 0.239 e. The lowest BCUT2D eigenvalue weighted by Crippen LogP contribution is -2.17. The van der Waals surface area contributed by atoms with Crippen molar-refractivity contribution in [3.8, 4) is 0 Å². The van der Waals surface area contributed by atoms with Crippen LogP contribution in [0.25, 0.3) is 0 Å². The summed E-state index contributed by atoms with van der Waals surface area (Å²) in [5.74, 6) is 0. The van der Waals surface area contributed by atoms with E-state index in [1.165, 1.54) is 12.1 Å². The predicted molar refractivity (Wildman–Crippen MR) is 63.1 cm³/mol. The van der Waals surface area contributed by atoms with Crippen LogP contribution in [0.15, 0.2) is 35.2 Å². The Morgan fingerprint density at radius 1 is 1.00 bits per heavy atom. The van der Waals surface area contributed by atoms with E-state index in [0.717, 1.165) is 0 Å². The Morgan fingerprint density at radius 2 is 1.46 bits per heavy atom. The van der Waals surface area contributed by atoms with Crippen LogP contribution in [0, 0.1) is 0 Å². The van der Waals surface area contributed by atoms with Crippen LogP contribution in [-0.4, -0.2) is 9.89 Å². The van der Waals surface area contributed by atoms with E-state index in [2.05, 4.69) is 47.8 Å². The fourth-order valence-electron chi connectivity index (χ4n) is 0.733. The molecule has 0 heterocycles. The molecule has 0 bridgehead atoms. The zero-order valence-corrected chi connectivity index (χ0v) is 11.8. The first kappa shape index (κ1) is 11.7. The van der Waals surface area contributed by atoms with E-state index in [1.807, 2.05) is 0 Å². The molecule has 0 saturated heterocycles. The van der Waals surface area contributed by atoms with Gasteiger partial charge in [0.05, 0.1) is 4.90 Å². The molecule has 0 aliphatic carbocycles. The van der Waals surface area contributed by atoms with Gasteiger partial charge in [-0.3, -0.25) is 0 Å². The SMILES string of the molecule is O=S(=O)(c1ccccc1)C(Br)(Br)Br. The summed E-state index contributed by atoms with van der Waals surface area (Å²) in [6.07, 6.45) is 0. The lowest BCUT2D eigenvalue weighted by atomic mass is 10.4. The molecular weight excluding hydrogens is 388 g/mol. The van der Waals surface area contributed by atoms with Gasteiger partial charge in [-0.2, -0.15) is 0 Å². The van der Waals surface area contributed by atoms with Crippen molar-refractivity contribution in [1.82, 2.24) is 0 Å². The number of rotatable bonds is 1. The lowest BCUT2D eigenvalue weighted by molar-refractivity contribution is 0.599. The average Bonchev–Trinajstić information content (AvgIpc) is 2.04. The summed E-state index contributed by atoms with van der Waals surface area (Å²) in [5, 5.41) is 0. The molecule has 0 aliphatic heterocycles. The van der Waals surface area contributed by atoms with Crippen LogP contribution >= 0.6 is 47.8 Å². The van der Waals surface area contributed by atoms with Gasteiger partial charge in [-0.25, -0.2) is 8.42 Å². The second-order valence-electron chi connectivity index (χ2n) is 2.26. The summed E-state index contributed by atoms with van der Waals surface area (Å²) in [6.45, 7) is 0. The Hall–Kier alpha value is 0.610. The summed E-state index contributed by atoms with van der Waals surface area (Å²) in [4.78, 5) is 0.251. The molecule has 0 aromatic heterocycles. The number of benzene rings is 1. The van der Waals surface area contributed by atoms with E-state index in [4.69, 9.17) is 0 Å². The molecule has 0 unspecified atom stereocenters. The smallest absolute Gasteiger partial charge is 0.220 e. The second-order valence-corrected chi connectivity index (χ2v) is 12.7. The fraction of sp³-hybridized carbons (Fsp3) is 0.143. The van der Waals surface area contributed by atoms with Crippen LogP contribution in [0.2, 0.25) is 0 Å². The van der Waals surface area contributed by atoms with E-state index in [-0.39, 0.29) is 4.90 Å². The van der Waals surface area contributed by atoms with Crippen molar-refractivity contribution in [2.24, 2.45) is 0 Å². The van der Waals surface area contributed by atoms with E-state index in [0.29, 0.717) is 0 Å². The number of sulfone groups is 1. The van der Waals surface area contributed by atoms with Crippen LogP contribution in [0.5, 0.6) is 0 Å². The van der Waals surface area contributed by atoms with E-state index < -0.39 is 11.3 Å². The van der Waals surface area contributed by atoms with Crippen LogP contribution in [0.4, 0.5) is 0 Å². The van der Waals surface area contributed by atoms with Crippen molar-refractivity contribution in [2.75, 3.05) is 0 Å². The average molecular weight is 393 g/mol. The van der Waals surface area contributed by atoms with Gasteiger partial charge in [0.15, 0.2) is 0 Å². The van der Waals surface area contributed by atoms with Gasteiger partial charge < -0.3 is 0 Å². The maximum atomic E-state index is 11.7. The van der Waals surface area contributed by atoms with E-state index in [9.17, 15) is 8.42 Å². The summed E-state index contributed by atoms with van der Waals surface area (Å²) >= 11 is 8.95. The van der Waals surface area contributed by atoms with Gasteiger partial charge in [0, 0.05) is 0 Å². The molecule has 0 atom stereocenters. The van der Waals surface area contributed by atoms with Gasteiger partial charge in [-0.15, -0.1) is 0 Å². The maximum Gasteiger partial charge on any atom is 0.239 e. The van der Waals surface area contributed by atoms with Crippen molar-refractivity contribution < 1.29 is 8.42 Å². The van der Waals surface area contributed by atoms with Crippen molar-refractivity contribution in [3.63, 3.8) is 0 Å². The number of hydrogen-bond acceptors (Lipinski definition) is 2. The Bertz CT molecular complexity index is 380. The molecule has 72 valence electrons. The third-order valence-electron chi connectivity index (χ3n) is 1.36. The molecular formula is C7H5Br3O2S. The molecule has 13 heavy (non-hydrogen) atoms. The highest BCUT2D eigenvalue weighted by Crippen LogP contribution is 2.42. The van der Waals surface area contributed by atoms with E-state index in [1.54, 1.807) is 18.2 Å². The molecule has 0 saturated carbocycles. The van der Waals surface area contributed by atoms with Crippen molar-refractivity contribution in [3.05, 3.63) is 30.3 Å². The Labute approximate surface area is 102 Å². The molecule has 0 radical (unpaired) electrons. The number of hydrogen-bond donors (Lipinski definition) is 0. The normalized spacial score (nSPS) is 12.8. The van der Waals surface area contributed by atoms with Crippen molar-refractivity contribution in [2.45, 2.75) is 6.37 Å². The first-order valence-electron chi connectivity index (χ1n) is 3.22. The lowest BCUT2D eigenvalue weighted by Gasteiger charge is -2.12. The molecule has 0 spiro atoms. The van der Waals surface area contributed by atoms with Crippen LogP contribution < -0.4 is 0 Å². The Balaban J connectivity index is 3.26. The standard InChI is InChI=1S/C7H5Br3O2S/c8-7(9,10)13(11,12)6-4-2-1-3-5-6/h1-5H. The first-order valence-corrected chi connectivity index (χ1v) is 7.08. The molecule has 0 amide bonds. The monoisotopic (exact) mass is 390 g/mol. The summed E-state index contributed by atoms with van der Waals surface area (Å²) < 4.78 is 22.1. The second kappa shape index (κ2) is 4.00. The maximum absolute atomic E-state index is 11.7. The highest BCUT2D eigenvalue weighted by Gasteiger charge is 2.36. The van der Waals surface area contributed by atoms with Crippen LogP contribution in [-0.2, 0) is 9.84 Å². The summed E-state index contributed by atoms with van der Waals surface area (Å²) in [7, 11) is -3.43. The van der Waals surface area contributed by atoms with Gasteiger partial charge in [0.2, 0.25) is 11.3 Å². The third-order valence-corrected chi connectivity index (χ3v) is 6.70. The van der Waals surface area contributed by atoms with Crippen molar-refractivity contribution >= 4 is 57.6 Å². The quantitative estimate of drug-likeness (QED) is 0.687. The molecule has 1 aromatic rings. The third kappa shape index (κ3) is 2.55. The molecule has 1 aromatic carbocycles.